The minimum absolute atomic E-state index is 0.145. The lowest BCUT2D eigenvalue weighted by molar-refractivity contribution is 0.0165. The van der Waals surface area contributed by atoms with Crippen molar-refractivity contribution in [2.45, 2.75) is 66.0 Å². The summed E-state index contributed by atoms with van der Waals surface area (Å²) < 4.78 is 13.0. The van der Waals surface area contributed by atoms with Gasteiger partial charge in [0.15, 0.2) is 0 Å². The number of amides is 1. The summed E-state index contributed by atoms with van der Waals surface area (Å²) in [4.78, 5) is 31.3. The van der Waals surface area contributed by atoms with Crippen LogP contribution >= 0.6 is 0 Å². The zero-order chi connectivity index (χ0) is 22.1. The first-order chi connectivity index (χ1) is 14.1. The van der Waals surface area contributed by atoms with Crippen LogP contribution in [-0.4, -0.2) is 51.8 Å². The molecule has 7 nitrogen and oxygen atoms in total. The average Bonchev–Trinajstić information content (AvgIpc) is 2.98. The van der Waals surface area contributed by atoms with Gasteiger partial charge in [-0.3, -0.25) is 0 Å². The van der Waals surface area contributed by atoms with Crippen molar-refractivity contribution in [3.63, 3.8) is 0 Å². The van der Waals surface area contributed by atoms with E-state index in [0.29, 0.717) is 31.2 Å². The minimum Gasteiger partial charge on any atom is -0.462 e. The maximum Gasteiger partial charge on any atom is 0.410 e. The first-order valence-corrected chi connectivity index (χ1v) is 10.7. The largest absolute Gasteiger partial charge is 0.462 e. The molecule has 0 aliphatic carbocycles. The molecule has 0 N–H and O–H groups in total. The molecule has 0 spiro atoms. The van der Waals surface area contributed by atoms with Crippen molar-refractivity contribution in [2.24, 2.45) is 5.92 Å². The fourth-order valence-electron chi connectivity index (χ4n) is 4.32. The van der Waals surface area contributed by atoms with Crippen molar-refractivity contribution in [1.82, 2.24) is 14.5 Å². The van der Waals surface area contributed by atoms with Crippen molar-refractivity contribution in [3.8, 4) is 0 Å². The lowest BCUT2D eigenvalue weighted by atomic mass is 9.90. The summed E-state index contributed by atoms with van der Waals surface area (Å²) >= 11 is 0. The number of likely N-dealkylation sites (tertiary alicyclic amines) is 1. The number of hydrogen-bond acceptors (Lipinski definition) is 5. The van der Waals surface area contributed by atoms with E-state index in [-0.39, 0.29) is 18.1 Å². The van der Waals surface area contributed by atoms with Gasteiger partial charge in [-0.2, -0.15) is 0 Å². The Hall–Kier alpha value is -2.57. The van der Waals surface area contributed by atoms with E-state index in [4.69, 9.17) is 9.47 Å². The maximum absolute atomic E-state index is 12.6. The molecule has 1 aliphatic rings. The first-order valence-electron chi connectivity index (χ1n) is 10.7. The molecule has 1 unspecified atom stereocenters. The number of ether oxygens (including phenoxy) is 2. The highest BCUT2D eigenvalue weighted by atomic mass is 16.6. The highest BCUT2D eigenvalue weighted by Crippen LogP contribution is 2.35. The second kappa shape index (κ2) is 8.66. The molecule has 1 saturated heterocycles. The average molecular weight is 416 g/mol. The summed E-state index contributed by atoms with van der Waals surface area (Å²) in [6, 6.07) is 3.92. The third kappa shape index (κ3) is 4.45. The lowest BCUT2D eigenvalue weighted by Gasteiger charge is -2.36. The molecule has 0 radical (unpaired) electrons. The van der Waals surface area contributed by atoms with Gasteiger partial charge in [-0.1, -0.05) is 0 Å². The Bertz CT molecular complexity index is 920. The fourth-order valence-corrected chi connectivity index (χ4v) is 4.32. The Morgan fingerprint density at radius 3 is 2.53 bits per heavy atom. The Kier molecular flexibility index (Phi) is 6.38. The number of pyridine rings is 1. The van der Waals surface area contributed by atoms with Gasteiger partial charge in [0.1, 0.15) is 11.2 Å². The molecule has 2 aromatic heterocycles. The van der Waals surface area contributed by atoms with Crippen LogP contribution in [0.15, 0.2) is 18.3 Å². The quantitative estimate of drug-likeness (QED) is 0.675. The Balaban J connectivity index is 1.81. The number of hydrogen-bond donors (Lipinski definition) is 0. The zero-order valence-corrected chi connectivity index (χ0v) is 18.9. The molecule has 30 heavy (non-hydrogen) atoms. The van der Waals surface area contributed by atoms with Crippen molar-refractivity contribution in [2.75, 3.05) is 19.7 Å². The fraction of sp³-hybridized carbons (Fsp3) is 0.609. The van der Waals surface area contributed by atoms with E-state index < -0.39 is 5.60 Å². The standard InChI is InChI=1S/C23H33N3O4/c1-7-29-21(27)19-16(3)26(20-18(19)9-8-12-24-20)15(2)17-10-13-25(14-11-17)22(28)30-23(4,5)6/h8-9,12,15,17H,7,10-11,13-14H2,1-6H3. The molecule has 1 aliphatic heterocycles. The number of carbonyl (C=O) groups is 2. The van der Waals surface area contributed by atoms with E-state index in [1.54, 1.807) is 11.1 Å². The summed E-state index contributed by atoms with van der Waals surface area (Å²) in [6.45, 7) is 13.3. The molecule has 1 fully saturated rings. The SMILES string of the molecule is CCOC(=O)c1c(C)n(C(C)C2CCN(C(=O)OC(C)(C)C)CC2)c2ncccc12. The summed E-state index contributed by atoms with van der Waals surface area (Å²) in [7, 11) is 0. The monoisotopic (exact) mass is 415 g/mol. The summed E-state index contributed by atoms with van der Waals surface area (Å²) in [5, 5.41) is 0.825. The molecular weight excluding hydrogens is 382 g/mol. The van der Waals surface area contributed by atoms with Gasteiger partial charge < -0.3 is 18.9 Å². The summed E-state index contributed by atoms with van der Waals surface area (Å²) in [6.07, 6.45) is 3.26. The minimum atomic E-state index is -0.489. The lowest BCUT2D eigenvalue weighted by Crippen LogP contribution is -2.42. The van der Waals surface area contributed by atoms with Crippen LogP contribution in [0.2, 0.25) is 0 Å². The number of piperidine rings is 1. The third-order valence-electron chi connectivity index (χ3n) is 5.77. The van der Waals surface area contributed by atoms with Gasteiger partial charge in [-0.05, 0) is 72.4 Å². The van der Waals surface area contributed by atoms with E-state index in [2.05, 4.69) is 16.5 Å². The Morgan fingerprint density at radius 2 is 1.93 bits per heavy atom. The predicted octanol–water partition coefficient (Wildman–Crippen LogP) is 4.73. The van der Waals surface area contributed by atoms with Gasteiger partial charge in [0.05, 0.1) is 12.2 Å². The number of nitrogens with zero attached hydrogens (tertiary/aromatic N) is 3. The summed E-state index contributed by atoms with van der Waals surface area (Å²) in [5.41, 5.74) is 1.79. The van der Waals surface area contributed by atoms with Gasteiger partial charge in [0, 0.05) is 36.4 Å². The molecule has 0 aromatic carbocycles. The second-order valence-corrected chi connectivity index (χ2v) is 8.97. The highest BCUT2D eigenvalue weighted by molar-refractivity contribution is 6.05. The smallest absolute Gasteiger partial charge is 0.410 e. The van der Waals surface area contributed by atoms with Crippen LogP contribution in [-0.2, 0) is 9.47 Å². The van der Waals surface area contributed by atoms with Crippen LogP contribution < -0.4 is 0 Å². The molecule has 1 amide bonds. The third-order valence-corrected chi connectivity index (χ3v) is 5.77. The predicted molar refractivity (Wildman–Crippen MR) is 116 cm³/mol. The van der Waals surface area contributed by atoms with Crippen molar-refractivity contribution in [3.05, 3.63) is 29.6 Å². The van der Waals surface area contributed by atoms with E-state index >= 15 is 0 Å². The molecule has 3 heterocycles. The van der Waals surface area contributed by atoms with E-state index in [9.17, 15) is 9.59 Å². The molecule has 164 valence electrons. The van der Waals surface area contributed by atoms with Crippen molar-refractivity contribution >= 4 is 23.1 Å². The van der Waals surface area contributed by atoms with Crippen LogP contribution in [0.1, 0.15) is 69.6 Å². The normalized spacial score (nSPS) is 16.5. The number of esters is 1. The number of fused-ring (bicyclic) bond motifs is 1. The van der Waals surface area contributed by atoms with E-state index in [1.807, 2.05) is 46.8 Å². The zero-order valence-electron chi connectivity index (χ0n) is 18.9. The van der Waals surface area contributed by atoms with Crippen LogP contribution in [0.3, 0.4) is 0 Å². The van der Waals surface area contributed by atoms with Crippen molar-refractivity contribution in [1.29, 1.82) is 0 Å². The van der Waals surface area contributed by atoms with Gasteiger partial charge in [0.25, 0.3) is 0 Å². The molecular formula is C23H33N3O4. The molecule has 7 heteroatoms. The highest BCUT2D eigenvalue weighted by Gasteiger charge is 2.32. The van der Waals surface area contributed by atoms with Gasteiger partial charge in [-0.15, -0.1) is 0 Å². The van der Waals surface area contributed by atoms with Crippen molar-refractivity contribution < 1.29 is 19.1 Å². The van der Waals surface area contributed by atoms with Gasteiger partial charge in [-0.25, -0.2) is 14.6 Å². The number of carbonyl (C=O) groups excluding carboxylic acids is 2. The Labute approximate surface area is 178 Å². The molecule has 3 rings (SSSR count). The first kappa shape index (κ1) is 22.1. The second-order valence-electron chi connectivity index (χ2n) is 8.97. The van der Waals surface area contributed by atoms with Gasteiger partial charge >= 0.3 is 12.1 Å². The van der Waals surface area contributed by atoms with Gasteiger partial charge in [0.2, 0.25) is 0 Å². The van der Waals surface area contributed by atoms with Crippen LogP contribution in [0.25, 0.3) is 11.0 Å². The maximum atomic E-state index is 12.6. The topological polar surface area (TPSA) is 73.7 Å². The van der Waals surface area contributed by atoms with Crippen LogP contribution in [0.5, 0.6) is 0 Å². The summed E-state index contributed by atoms with van der Waals surface area (Å²) in [5.74, 6) is 0.0636. The number of aromatic nitrogens is 2. The van der Waals surface area contributed by atoms with Crippen LogP contribution in [0.4, 0.5) is 4.79 Å². The molecule has 0 saturated carbocycles. The van der Waals surface area contributed by atoms with E-state index in [1.165, 1.54) is 0 Å². The van der Waals surface area contributed by atoms with E-state index in [0.717, 1.165) is 29.6 Å². The van der Waals surface area contributed by atoms with Crippen LogP contribution in [0, 0.1) is 12.8 Å². The molecule has 0 bridgehead atoms. The Morgan fingerprint density at radius 1 is 1.27 bits per heavy atom. The molecule has 1 atom stereocenters. The molecule has 2 aromatic rings. The number of rotatable bonds is 4.